The van der Waals surface area contributed by atoms with E-state index in [0.29, 0.717) is 28.6 Å². The van der Waals surface area contributed by atoms with Crippen LogP contribution in [-0.2, 0) is 0 Å². The van der Waals surface area contributed by atoms with E-state index in [1.807, 2.05) is 18.2 Å². The summed E-state index contributed by atoms with van der Waals surface area (Å²) in [5.74, 6) is 0.450. The number of hydrogen-bond donors (Lipinski definition) is 2. The highest BCUT2D eigenvalue weighted by Gasteiger charge is 2.37. The molecule has 0 amide bonds. The molecule has 0 aliphatic carbocycles. The lowest BCUT2D eigenvalue weighted by atomic mass is 9.87. The van der Waals surface area contributed by atoms with Crippen molar-refractivity contribution in [2.45, 2.75) is 5.92 Å². The number of nitrogens with two attached hydrogens (primary N) is 1. The van der Waals surface area contributed by atoms with Crippen LogP contribution in [0.1, 0.15) is 17.2 Å². The van der Waals surface area contributed by atoms with E-state index < -0.39 is 5.92 Å². The first-order valence-electron chi connectivity index (χ1n) is 6.90. The molecular formula is C16H11N5O2. The van der Waals surface area contributed by atoms with E-state index in [-0.39, 0.29) is 11.5 Å². The number of aromatic amines is 1. The fourth-order valence-corrected chi connectivity index (χ4v) is 2.69. The van der Waals surface area contributed by atoms with E-state index in [1.54, 1.807) is 24.6 Å². The summed E-state index contributed by atoms with van der Waals surface area (Å²) in [5.41, 5.74) is 8.20. The van der Waals surface area contributed by atoms with Gasteiger partial charge in [0.1, 0.15) is 17.4 Å². The number of pyridine rings is 1. The summed E-state index contributed by atoms with van der Waals surface area (Å²) in [6, 6.07) is 11.2. The topological polar surface area (TPSA) is 114 Å². The number of fused-ring (bicyclic) bond motifs is 1. The van der Waals surface area contributed by atoms with E-state index >= 15 is 0 Å². The number of aromatic nitrogens is 3. The highest BCUT2D eigenvalue weighted by atomic mass is 16.5. The smallest absolute Gasteiger partial charge is 0.244 e. The maximum Gasteiger partial charge on any atom is 0.244 e. The van der Waals surface area contributed by atoms with Gasteiger partial charge in [0, 0.05) is 6.20 Å². The Morgan fingerprint density at radius 1 is 1.26 bits per heavy atom. The lowest BCUT2D eigenvalue weighted by Gasteiger charge is -2.21. The molecule has 4 heterocycles. The van der Waals surface area contributed by atoms with Crippen molar-refractivity contribution in [1.29, 1.82) is 5.26 Å². The van der Waals surface area contributed by atoms with Gasteiger partial charge >= 0.3 is 0 Å². The number of nitriles is 1. The van der Waals surface area contributed by atoms with Gasteiger partial charge in [0.25, 0.3) is 0 Å². The number of allylic oxidation sites excluding steroid dienone is 1. The van der Waals surface area contributed by atoms with Gasteiger partial charge in [-0.15, -0.1) is 5.10 Å². The Hall–Kier alpha value is -3.53. The van der Waals surface area contributed by atoms with Crippen LogP contribution >= 0.6 is 0 Å². The van der Waals surface area contributed by atoms with Crippen molar-refractivity contribution >= 4 is 0 Å². The van der Waals surface area contributed by atoms with Crippen LogP contribution in [0.4, 0.5) is 0 Å². The Morgan fingerprint density at radius 2 is 2.17 bits per heavy atom. The van der Waals surface area contributed by atoms with Crippen LogP contribution in [0.3, 0.4) is 0 Å². The molecule has 112 valence electrons. The number of nitrogens with one attached hydrogen (secondary N) is 1. The predicted octanol–water partition coefficient (Wildman–Crippen LogP) is 2.28. The van der Waals surface area contributed by atoms with E-state index in [9.17, 15) is 5.26 Å². The highest BCUT2D eigenvalue weighted by Crippen LogP contribution is 2.45. The summed E-state index contributed by atoms with van der Waals surface area (Å²) in [6.07, 6.45) is 3.24. The first kappa shape index (κ1) is 13.2. The first-order chi connectivity index (χ1) is 11.3. The Balaban J connectivity index is 1.96. The molecule has 0 unspecified atom stereocenters. The third-order valence-corrected chi connectivity index (χ3v) is 3.69. The molecule has 7 heteroatoms. The number of rotatable bonds is 2. The van der Waals surface area contributed by atoms with E-state index in [2.05, 4.69) is 21.3 Å². The Bertz CT molecular complexity index is 919. The summed E-state index contributed by atoms with van der Waals surface area (Å²) >= 11 is 0. The SMILES string of the molecule is N#CC1=C(N)Oc2n[nH]c(-c3ccccn3)c2[C@@H]1c1ccco1. The largest absolute Gasteiger partial charge is 0.468 e. The van der Waals surface area contributed by atoms with Crippen LogP contribution < -0.4 is 10.5 Å². The molecule has 1 aliphatic rings. The van der Waals surface area contributed by atoms with Crippen molar-refractivity contribution in [3.63, 3.8) is 0 Å². The number of H-pyrrole nitrogens is 1. The van der Waals surface area contributed by atoms with Crippen LogP contribution in [0.2, 0.25) is 0 Å². The van der Waals surface area contributed by atoms with Gasteiger partial charge in [-0.05, 0) is 24.3 Å². The normalized spacial score (nSPS) is 16.6. The molecule has 0 spiro atoms. The molecule has 3 aromatic rings. The van der Waals surface area contributed by atoms with Gasteiger partial charge in [-0.3, -0.25) is 10.1 Å². The quantitative estimate of drug-likeness (QED) is 0.750. The van der Waals surface area contributed by atoms with Gasteiger partial charge in [0.2, 0.25) is 11.8 Å². The van der Waals surface area contributed by atoms with Crippen LogP contribution in [0.5, 0.6) is 5.88 Å². The molecule has 1 atom stereocenters. The molecule has 0 radical (unpaired) electrons. The minimum atomic E-state index is -0.491. The minimum absolute atomic E-state index is 0.0282. The minimum Gasteiger partial charge on any atom is -0.468 e. The number of hydrogen-bond acceptors (Lipinski definition) is 6. The number of nitrogens with zero attached hydrogens (tertiary/aromatic N) is 3. The standard InChI is InChI=1S/C16H11N5O2/c17-8-9-12(11-5-3-7-22-11)13-14(10-4-1-2-6-19-10)20-21-16(13)23-15(9)18/h1-7,12H,18H2,(H,20,21)/t12-/m0/s1. The third-order valence-electron chi connectivity index (χ3n) is 3.69. The van der Waals surface area contributed by atoms with Crippen LogP contribution in [0, 0.1) is 11.3 Å². The van der Waals surface area contributed by atoms with Gasteiger partial charge in [0.05, 0.1) is 29.1 Å². The zero-order valence-corrected chi connectivity index (χ0v) is 11.9. The van der Waals surface area contributed by atoms with Gasteiger partial charge in [-0.2, -0.15) is 5.26 Å². The molecule has 1 aliphatic heterocycles. The van der Waals surface area contributed by atoms with Crippen molar-refractivity contribution < 1.29 is 9.15 Å². The highest BCUT2D eigenvalue weighted by molar-refractivity contribution is 5.67. The molecule has 0 saturated carbocycles. The average Bonchev–Trinajstić information content (AvgIpc) is 3.24. The summed E-state index contributed by atoms with van der Waals surface area (Å²) in [4.78, 5) is 4.33. The second kappa shape index (κ2) is 5.03. The van der Waals surface area contributed by atoms with Crippen molar-refractivity contribution in [3.8, 4) is 23.3 Å². The zero-order valence-electron chi connectivity index (χ0n) is 11.9. The molecule has 7 nitrogen and oxygen atoms in total. The lowest BCUT2D eigenvalue weighted by Crippen LogP contribution is -2.20. The van der Waals surface area contributed by atoms with Crippen molar-refractivity contribution in [2.75, 3.05) is 0 Å². The maximum atomic E-state index is 9.50. The lowest BCUT2D eigenvalue weighted by molar-refractivity contribution is 0.371. The Morgan fingerprint density at radius 3 is 2.87 bits per heavy atom. The van der Waals surface area contributed by atoms with Gasteiger partial charge in [0.15, 0.2) is 0 Å². The molecule has 4 rings (SSSR count). The predicted molar refractivity (Wildman–Crippen MR) is 79.8 cm³/mol. The number of furan rings is 1. The molecular weight excluding hydrogens is 294 g/mol. The molecule has 3 N–H and O–H groups in total. The van der Waals surface area contributed by atoms with Crippen LogP contribution in [0.15, 0.2) is 58.7 Å². The van der Waals surface area contributed by atoms with Crippen LogP contribution in [0.25, 0.3) is 11.4 Å². The molecule has 0 aromatic carbocycles. The average molecular weight is 305 g/mol. The maximum absolute atomic E-state index is 9.50. The number of ether oxygens (including phenoxy) is 1. The molecule has 0 saturated heterocycles. The second-order valence-corrected chi connectivity index (χ2v) is 4.97. The molecule has 3 aromatic heterocycles. The summed E-state index contributed by atoms with van der Waals surface area (Å²) in [5, 5.41) is 16.6. The van der Waals surface area contributed by atoms with Crippen LogP contribution in [-0.4, -0.2) is 15.2 Å². The van der Waals surface area contributed by atoms with Gasteiger partial charge in [-0.1, -0.05) is 6.07 Å². The zero-order chi connectivity index (χ0) is 15.8. The van der Waals surface area contributed by atoms with E-state index in [0.717, 1.165) is 0 Å². The molecule has 0 fully saturated rings. The van der Waals surface area contributed by atoms with Gasteiger partial charge in [-0.25, -0.2) is 0 Å². The van der Waals surface area contributed by atoms with Gasteiger partial charge < -0.3 is 14.9 Å². The summed E-state index contributed by atoms with van der Waals surface area (Å²) in [6.45, 7) is 0. The Kier molecular flexibility index (Phi) is 2.88. The van der Waals surface area contributed by atoms with Crippen molar-refractivity contribution in [1.82, 2.24) is 15.2 Å². The third kappa shape index (κ3) is 1.97. The molecule has 23 heavy (non-hydrogen) atoms. The van der Waals surface area contributed by atoms with E-state index in [4.69, 9.17) is 14.9 Å². The first-order valence-corrected chi connectivity index (χ1v) is 6.90. The summed E-state index contributed by atoms with van der Waals surface area (Å²) < 4.78 is 11.0. The fourth-order valence-electron chi connectivity index (χ4n) is 2.69. The Labute approximate surface area is 131 Å². The second-order valence-electron chi connectivity index (χ2n) is 4.97. The molecule has 0 bridgehead atoms. The van der Waals surface area contributed by atoms with Crippen molar-refractivity contribution in [3.05, 3.63) is 65.6 Å². The summed E-state index contributed by atoms with van der Waals surface area (Å²) in [7, 11) is 0. The van der Waals surface area contributed by atoms with Crippen molar-refractivity contribution in [2.24, 2.45) is 5.73 Å². The fraction of sp³-hybridized carbons (Fsp3) is 0.0625. The van der Waals surface area contributed by atoms with E-state index in [1.165, 1.54) is 0 Å². The monoisotopic (exact) mass is 305 g/mol.